The normalized spacial score (nSPS) is 23.4. The van der Waals surface area contributed by atoms with Gasteiger partial charge in [0.15, 0.2) is 11.5 Å². The zero-order valence-electron chi connectivity index (χ0n) is 17.1. The minimum absolute atomic E-state index is 0.196. The van der Waals surface area contributed by atoms with Gasteiger partial charge in [-0.05, 0) is 47.7 Å². The Bertz CT molecular complexity index is 1240. The number of nitrogens with one attached hydrogen (secondary N) is 2. The summed E-state index contributed by atoms with van der Waals surface area (Å²) < 4.78 is 12.2. The van der Waals surface area contributed by atoms with Gasteiger partial charge in [0.05, 0.1) is 29.4 Å². The number of hydrogen-bond acceptors (Lipinski definition) is 6. The molecule has 1 spiro atoms. The third-order valence-electron chi connectivity index (χ3n) is 6.18. The second-order valence-corrected chi connectivity index (χ2v) is 8.74. The number of hydrazine groups is 1. The lowest BCUT2D eigenvalue weighted by molar-refractivity contribution is -0.166. The minimum Gasteiger partial charge on any atom is -0.493 e. The van der Waals surface area contributed by atoms with E-state index in [1.54, 1.807) is 18.4 Å². The fraction of sp³-hybridized carbons (Fsp3) is 0.208. The molecule has 2 N–H and O–H groups in total. The number of anilines is 1. The number of nitrogens with zero attached hydrogens (tertiary/aromatic N) is 1. The summed E-state index contributed by atoms with van der Waals surface area (Å²) in [7, 11) is 1.62. The first-order chi connectivity index (χ1) is 15.2. The van der Waals surface area contributed by atoms with Crippen LogP contribution in [0.2, 0.25) is 0 Å². The van der Waals surface area contributed by atoms with Crippen molar-refractivity contribution in [3.8, 4) is 11.5 Å². The number of hydrogen-bond donors (Lipinski definition) is 2. The molecule has 156 valence electrons. The molecule has 3 aromatic rings. The maximum absolute atomic E-state index is 13.6. The van der Waals surface area contributed by atoms with E-state index in [2.05, 4.69) is 35.9 Å². The van der Waals surface area contributed by atoms with E-state index in [1.807, 2.05) is 46.8 Å². The maximum atomic E-state index is 13.6. The number of ether oxygens (including phenoxy) is 2. The zero-order chi connectivity index (χ0) is 21.2. The molecule has 3 aliphatic rings. The van der Waals surface area contributed by atoms with Gasteiger partial charge in [0, 0.05) is 11.1 Å². The molecule has 1 aromatic heterocycles. The molecule has 0 saturated heterocycles. The summed E-state index contributed by atoms with van der Waals surface area (Å²) in [5.41, 5.74) is 6.79. The van der Waals surface area contributed by atoms with Crippen molar-refractivity contribution in [2.75, 3.05) is 12.4 Å². The summed E-state index contributed by atoms with van der Waals surface area (Å²) in [6.45, 7) is 2.10. The molecule has 0 saturated carbocycles. The average molecular weight is 432 g/mol. The molecule has 7 heteroatoms. The number of thiophene rings is 1. The van der Waals surface area contributed by atoms with Gasteiger partial charge in [-0.15, -0.1) is 11.3 Å². The summed E-state index contributed by atoms with van der Waals surface area (Å²) in [5, 5.41) is 7.01. The topological polar surface area (TPSA) is 62.8 Å². The molecule has 2 aromatic carbocycles. The van der Waals surface area contributed by atoms with E-state index in [-0.39, 0.29) is 11.9 Å². The summed E-state index contributed by atoms with van der Waals surface area (Å²) in [6, 6.07) is 15.8. The Morgan fingerprint density at radius 1 is 1.23 bits per heavy atom. The van der Waals surface area contributed by atoms with Gasteiger partial charge in [-0.3, -0.25) is 4.79 Å². The molecule has 0 radical (unpaired) electrons. The predicted molar refractivity (Wildman–Crippen MR) is 120 cm³/mol. The van der Waals surface area contributed by atoms with E-state index in [1.165, 1.54) is 0 Å². The van der Waals surface area contributed by atoms with Crippen LogP contribution in [-0.2, 0) is 16.9 Å². The first kappa shape index (κ1) is 18.5. The highest BCUT2D eigenvalue weighted by Crippen LogP contribution is 2.55. The smallest absolute Gasteiger partial charge is 0.291 e. The van der Waals surface area contributed by atoms with Crippen LogP contribution in [0.5, 0.6) is 11.5 Å². The van der Waals surface area contributed by atoms with Gasteiger partial charge in [-0.1, -0.05) is 31.2 Å². The van der Waals surface area contributed by atoms with Gasteiger partial charge in [-0.2, -0.15) is 5.01 Å². The number of rotatable bonds is 3. The van der Waals surface area contributed by atoms with Crippen LogP contribution in [0.4, 0.5) is 5.69 Å². The van der Waals surface area contributed by atoms with Crippen LogP contribution in [0.3, 0.4) is 0 Å². The van der Waals surface area contributed by atoms with Gasteiger partial charge < -0.3 is 20.2 Å². The number of para-hydroxylation sites is 1. The van der Waals surface area contributed by atoms with Crippen LogP contribution in [0.1, 0.15) is 34.5 Å². The zero-order valence-corrected chi connectivity index (χ0v) is 18.0. The van der Waals surface area contributed by atoms with E-state index in [9.17, 15) is 4.79 Å². The molecule has 6 nitrogen and oxygen atoms in total. The number of carbonyl (C=O) groups excluding carboxylic acids is 1. The van der Waals surface area contributed by atoms with Crippen molar-refractivity contribution < 1.29 is 14.3 Å². The van der Waals surface area contributed by atoms with Crippen molar-refractivity contribution in [1.82, 2.24) is 10.4 Å². The Labute approximate surface area is 184 Å². The monoisotopic (exact) mass is 431 g/mol. The predicted octanol–water partition coefficient (Wildman–Crippen LogP) is 4.42. The molecular weight excluding hydrogens is 410 g/mol. The third-order valence-corrected chi connectivity index (χ3v) is 7.08. The fourth-order valence-corrected chi connectivity index (χ4v) is 5.35. The number of aryl methyl sites for hydroxylation is 1. The minimum atomic E-state index is -1.34. The highest BCUT2D eigenvalue weighted by atomic mass is 32.1. The largest absolute Gasteiger partial charge is 0.493 e. The van der Waals surface area contributed by atoms with Crippen molar-refractivity contribution in [3.05, 3.63) is 81.6 Å². The lowest BCUT2D eigenvalue weighted by Gasteiger charge is -2.45. The number of benzene rings is 2. The lowest BCUT2D eigenvalue weighted by atomic mass is 9.93. The van der Waals surface area contributed by atoms with Gasteiger partial charge in [0.2, 0.25) is 0 Å². The Morgan fingerprint density at radius 2 is 2.13 bits per heavy atom. The molecule has 0 fully saturated rings. The van der Waals surface area contributed by atoms with Crippen LogP contribution in [-0.4, -0.2) is 18.0 Å². The summed E-state index contributed by atoms with van der Waals surface area (Å²) >= 11 is 1.65. The second kappa shape index (κ2) is 6.60. The van der Waals surface area contributed by atoms with Crippen LogP contribution >= 0.6 is 11.3 Å². The van der Waals surface area contributed by atoms with Gasteiger partial charge in [0.25, 0.3) is 11.6 Å². The van der Waals surface area contributed by atoms with Crippen LogP contribution in [0.25, 0.3) is 5.70 Å². The highest BCUT2D eigenvalue weighted by molar-refractivity contribution is 7.11. The SMILES string of the molecule is CCc1ccc2c(c1)C1(Oc3c(OC)cccc3C3C=C(c4cccs4)NN31)C(=O)N2. The molecular formula is C24H21N3O3S. The Morgan fingerprint density at radius 3 is 2.90 bits per heavy atom. The molecule has 1 amide bonds. The molecule has 6 rings (SSSR count). The third kappa shape index (κ3) is 2.44. The Hall–Kier alpha value is -3.29. The van der Waals surface area contributed by atoms with Gasteiger partial charge >= 0.3 is 0 Å². The average Bonchev–Trinajstić information content (AvgIpc) is 3.52. The van der Waals surface area contributed by atoms with Crippen LogP contribution in [0.15, 0.2) is 60.0 Å². The van der Waals surface area contributed by atoms with Crippen molar-refractivity contribution >= 4 is 28.6 Å². The van der Waals surface area contributed by atoms with E-state index in [0.29, 0.717) is 11.5 Å². The molecule has 4 heterocycles. The highest BCUT2D eigenvalue weighted by Gasteiger charge is 2.61. The molecule has 0 aliphatic carbocycles. The molecule has 2 atom stereocenters. The van der Waals surface area contributed by atoms with E-state index < -0.39 is 5.72 Å². The van der Waals surface area contributed by atoms with Gasteiger partial charge in [0.1, 0.15) is 0 Å². The standard InChI is InChI=1S/C24H21N3O3S/c1-3-14-9-10-17-16(12-14)24(23(28)25-17)27-19(13-18(26-27)21-8-5-11-31-21)15-6-4-7-20(29-2)22(15)30-24/h4-13,19,26H,3H2,1-2H3,(H,25,28). The molecule has 2 unspecified atom stereocenters. The van der Waals surface area contributed by atoms with E-state index >= 15 is 0 Å². The Balaban J connectivity index is 1.60. The summed E-state index contributed by atoms with van der Waals surface area (Å²) in [6.07, 6.45) is 3.02. The quantitative estimate of drug-likeness (QED) is 0.643. The van der Waals surface area contributed by atoms with Crippen molar-refractivity contribution in [2.45, 2.75) is 25.1 Å². The van der Waals surface area contributed by atoms with Crippen LogP contribution in [0, 0.1) is 0 Å². The van der Waals surface area contributed by atoms with Gasteiger partial charge in [-0.25, -0.2) is 0 Å². The van der Waals surface area contributed by atoms with Crippen molar-refractivity contribution in [2.24, 2.45) is 0 Å². The lowest BCUT2D eigenvalue weighted by Crippen LogP contribution is -2.60. The molecule has 0 bridgehead atoms. The van der Waals surface area contributed by atoms with E-state index in [4.69, 9.17) is 9.47 Å². The summed E-state index contributed by atoms with van der Waals surface area (Å²) in [4.78, 5) is 14.7. The van der Waals surface area contributed by atoms with Crippen LogP contribution < -0.4 is 20.2 Å². The number of carbonyl (C=O) groups is 1. The maximum Gasteiger partial charge on any atom is 0.291 e. The van der Waals surface area contributed by atoms with E-state index in [0.717, 1.165) is 39.4 Å². The first-order valence-electron chi connectivity index (χ1n) is 10.3. The second-order valence-electron chi connectivity index (χ2n) is 7.80. The number of methoxy groups -OCH3 is 1. The Kier molecular flexibility index (Phi) is 3.94. The molecule has 3 aliphatic heterocycles. The fourth-order valence-electron chi connectivity index (χ4n) is 4.64. The first-order valence-corrected chi connectivity index (χ1v) is 11.2. The van der Waals surface area contributed by atoms with Crippen molar-refractivity contribution in [3.63, 3.8) is 0 Å². The number of amides is 1. The number of fused-ring (bicyclic) bond motifs is 6. The summed E-state index contributed by atoms with van der Waals surface area (Å²) in [5.74, 6) is 0.995. The van der Waals surface area contributed by atoms with Crippen molar-refractivity contribution in [1.29, 1.82) is 0 Å². The molecule has 31 heavy (non-hydrogen) atoms.